The standard InChI is InChI=1S/C18H34O3S/c1-2-3-4-5-6-7-8-9-10-11-12-13-14-17(15-19)22-16-18(20)21/h13-14,17,19H,2-12,15-16H2,1H3,(H,20,21). The van der Waals surface area contributed by atoms with Gasteiger partial charge in [0.1, 0.15) is 0 Å². The van der Waals surface area contributed by atoms with E-state index in [-0.39, 0.29) is 17.6 Å². The molecule has 1 unspecified atom stereocenters. The quantitative estimate of drug-likeness (QED) is 0.308. The van der Waals surface area contributed by atoms with Crippen molar-refractivity contribution in [3.63, 3.8) is 0 Å². The van der Waals surface area contributed by atoms with Crippen LogP contribution in [0.3, 0.4) is 0 Å². The molecule has 0 fully saturated rings. The van der Waals surface area contributed by atoms with E-state index >= 15 is 0 Å². The number of aliphatic carboxylic acids is 1. The Morgan fingerprint density at radius 2 is 1.55 bits per heavy atom. The number of hydrogen-bond acceptors (Lipinski definition) is 3. The minimum atomic E-state index is -0.827. The summed E-state index contributed by atoms with van der Waals surface area (Å²) >= 11 is 1.28. The first kappa shape index (κ1) is 21.5. The van der Waals surface area contributed by atoms with Crippen molar-refractivity contribution in [1.82, 2.24) is 0 Å². The second kappa shape index (κ2) is 16.9. The van der Waals surface area contributed by atoms with Crippen LogP contribution in [-0.2, 0) is 4.79 Å². The molecule has 0 saturated carbocycles. The van der Waals surface area contributed by atoms with Gasteiger partial charge in [0.05, 0.1) is 12.4 Å². The monoisotopic (exact) mass is 330 g/mol. The maximum atomic E-state index is 10.5. The van der Waals surface area contributed by atoms with Gasteiger partial charge in [-0.1, -0.05) is 76.9 Å². The zero-order valence-corrected chi connectivity index (χ0v) is 15.0. The molecule has 0 spiro atoms. The highest BCUT2D eigenvalue weighted by Crippen LogP contribution is 2.14. The summed E-state index contributed by atoms with van der Waals surface area (Å²) in [7, 11) is 0. The van der Waals surface area contributed by atoms with E-state index in [1.54, 1.807) is 0 Å². The van der Waals surface area contributed by atoms with Crippen LogP contribution in [0.4, 0.5) is 0 Å². The Balaban J connectivity index is 3.36. The van der Waals surface area contributed by atoms with E-state index in [9.17, 15) is 4.79 Å². The number of thioether (sulfide) groups is 1. The maximum absolute atomic E-state index is 10.5. The molecule has 130 valence electrons. The summed E-state index contributed by atoms with van der Waals surface area (Å²) in [5.74, 6) is -0.778. The molecule has 0 aliphatic rings. The van der Waals surface area contributed by atoms with Gasteiger partial charge >= 0.3 is 5.97 Å². The van der Waals surface area contributed by atoms with Crippen LogP contribution in [-0.4, -0.2) is 33.8 Å². The van der Waals surface area contributed by atoms with Crippen molar-refractivity contribution in [1.29, 1.82) is 0 Å². The third-order valence-corrected chi connectivity index (χ3v) is 4.82. The molecule has 0 saturated heterocycles. The highest BCUT2D eigenvalue weighted by molar-refractivity contribution is 8.00. The molecule has 0 aromatic carbocycles. The van der Waals surface area contributed by atoms with Crippen LogP contribution in [0.5, 0.6) is 0 Å². The first-order valence-corrected chi connectivity index (χ1v) is 9.86. The average molecular weight is 331 g/mol. The molecule has 2 N–H and O–H groups in total. The van der Waals surface area contributed by atoms with Crippen LogP contribution < -0.4 is 0 Å². The van der Waals surface area contributed by atoms with Gasteiger partial charge in [0.25, 0.3) is 0 Å². The van der Waals surface area contributed by atoms with Gasteiger partial charge in [-0.25, -0.2) is 0 Å². The Labute approximate surface area is 140 Å². The second-order valence-corrected chi connectivity index (χ2v) is 7.05. The van der Waals surface area contributed by atoms with Gasteiger partial charge in [0.2, 0.25) is 0 Å². The van der Waals surface area contributed by atoms with Crippen LogP contribution in [0.25, 0.3) is 0 Å². The van der Waals surface area contributed by atoms with Crippen molar-refractivity contribution in [3.8, 4) is 0 Å². The summed E-state index contributed by atoms with van der Waals surface area (Å²) in [5.41, 5.74) is 0. The van der Waals surface area contributed by atoms with Crippen molar-refractivity contribution in [2.45, 2.75) is 82.8 Å². The SMILES string of the molecule is CCCCCCCCCCCCC=CC(CO)SCC(=O)O. The fourth-order valence-corrected chi connectivity index (χ4v) is 3.03. The maximum Gasteiger partial charge on any atom is 0.313 e. The molecule has 0 aliphatic carbocycles. The van der Waals surface area contributed by atoms with E-state index in [4.69, 9.17) is 10.2 Å². The molecule has 0 amide bonds. The van der Waals surface area contributed by atoms with E-state index in [0.717, 1.165) is 6.42 Å². The van der Waals surface area contributed by atoms with Crippen molar-refractivity contribution in [2.24, 2.45) is 0 Å². The summed E-state index contributed by atoms with van der Waals surface area (Å²) in [6.07, 6.45) is 18.4. The number of unbranched alkanes of at least 4 members (excludes halogenated alkanes) is 10. The van der Waals surface area contributed by atoms with E-state index in [1.807, 2.05) is 6.08 Å². The number of allylic oxidation sites excluding steroid dienone is 1. The fraction of sp³-hybridized carbons (Fsp3) is 0.833. The van der Waals surface area contributed by atoms with E-state index in [2.05, 4.69) is 13.0 Å². The molecule has 0 aromatic heterocycles. The first-order chi connectivity index (χ1) is 10.7. The predicted octanol–water partition coefficient (Wildman–Crippen LogP) is 5.03. The molecule has 22 heavy (non-hydrogen) atoms. The smallest absolute Gasteiger partial charge is 0.313 e. The highest BCUT2D eigenvalue weighted by atomic mass is 32.2. The summed E-state index contributed by atoms with van der Waals surface area (Å²) in [4.78, 5) is 10.5. The summed E-state index contributed by atoms with van der Waals surface area (Å²) < 4.78 is 0. The lowest BCUT2D eigenvalue weighted by molar-refractivity contribution is -0.133. The Bertz CT molecular complexity index is 280. The van der Waals surface area contributed by atoms with Gasteiger partial charge in [0, 0.05) is 5.25 Å². The fourth-order valence-electron chi connectivity index (χ4n) is 2.35. The Morgan fingerprint density at radius 1 is 1.00 bits per heavy atom. The number of rotatable bonds is 16. The number of hydrogen-bond donors (Lipinski definition) is 2. The Morgan fingerprint density at radius 3 is 2.05 bits per heavy atom. The minimum Gasteiger partial charge on any atom is -0.481 e. The third-order valence-electron chi connectivity index (χ3n) is 3.68. The van der Waals surface area contributed by atoms with E-state index in [0.29, 0.717) is 0 Å². The lowest BCUT2D eigenvalue weighted by atomic mass is 10.1. The van der Waals surface area contributed by atoms with Gasteiger partial charge in [-0.3, -0.25) is 4.79 Å². The van der Waals surface area contributed by atoms with Crippen LogP contribution >= 0.6 is 11.8 Å². The Kier molecular flexibility index (Phi) is 16.5. The topological polar surface area (TPSA) is 57.5 Å². The van der Waals surface area contributed by atoms with Crippen molar-refractivity contribution in [3.05, 3.63) is 12.2 Å². The summed E-state index contributed by atoms with van der Waals surface area (Å²) in [6.45, 7) is 2.26. The molecule has 3 nitrogen and oxygen atoms in total. The first-order valence-electron chi connectivity index (χ1n) is 8.81. The lowest BCUT2D eigenvalue weighted by Gasteiger charge is -2.06. The van der Waals surface area contributed by atoms with Crippen LogP contribution in [0, 0.1) is 0 Å². The molecule has 0 radical (unpaired) electrons. The van der Waals surface area contributed by atoms with Crippen molar-refractivity contribution < 1.29 is 15.0 Å². The molecule has 1 atom stereocenters. The van der Waals surface area contributed by atoms with Gasteiger partial charge in [-0.2, -0.15) is 0 Å². The van der Waals surface area contributed by atoms with E-state index in [1.165, 1.54) is 76.0 Å². The van der Waals surface area contributed by atoms with Crippen molar-refractivity contribution >= 4 is 17.7 Å². The number of carbonyl (C=O) groups is 1. The van der Waals surface area contributed by atoms with Crippen molar-refractivity contribution in [2.75, 3.05) is 12.4 Å². The van der Waals surface area contributed by atoms with Crippen LogP contribution in [0.2, 0.25) is 0 Å². The molecule has 0 heterocycles. The number of carboxylic acid groups (broad SMARTS) is 1. The zero-order valence-electron chi connectivity index (χ0n) is 14.1. The summed E-state index contributed by atoms with van der Waals surface area (Å²) in [5, 5.41) is 17.7. The van der Waals surface area contributed by atoms with Crippen LogP contribution in [0.1, 0.15) is 77.6 Å². The average Bonchev–Trinajstić information content (AvgIpc) is 2.51. The molecular weight excluding hydrogens is 296 g/mol. The number of aliphatic hydroxyl groups is 1. The normalized spacial score (nSPS) is 12.8. The predicted molar refractivity (Wildman–Crippen MR) is 96.6 cm³/mol. The van der Waals surface area contributed by atoms with Gasteiger partial charge in [-0.15, -0.1) is 11.8 Å². The molecule has 0 bridgehead atoms. The second-order valence-electron chi connectivity index (χ2n) is 5.82. The van der Waals surface area contributed by atoms with Gasteiger partial charge in [0.15, 0.2) is 0 Å². The minimum absolute atomic E-state index is 0.00643. The van der Waals surface area contributed by atoms with Crippen LogP contribution in [0.15, 0.2) is 12.2 Å². The summed E-state index contributed by atoms with van der Waals surface area (Å²) in [6, 6.07) is 0. The molecule has 4 heteroatoms. The molecule has 0 rings (SSSR count). The molecular formula is C18H34O3S. The largest absolute Gasteiger partial charge is 0.481 e. The van der Waals surface area contributed by atoms with Gasteiger partial charge in [-0.05, 0) is 12.8 Å². The number of carboxylic acids is 1. The number of aliphatic hydroxyl groups excluding tert-OH is 1. The zero-order chi connectivity index (χ0) is 16.5. The van der Waals surface area contributed by atoms with E-state index < -0.39 is 5.97 Å². The third kappa shape index (κ3) is 15.9. The van der Waals surface area contributed by atoms with Gasteiger partial charge < -0.3 is 10.2 Å². The molecule has 0 aliphatic heterocycles. The molecule has 0 aromatic rings. The Hall–Kier alpha value is -0.480. The highest BCUT2D eigenvalue weighted by Gasteiger charge is 2.06. The lowest BCUT2D eigenvalue weighted by Crippen LogP contribution is -2.09.